The number of benzene rings is 1. The summed E-state index contributed by atoms with van der Waals surface area (Å²) in [5.74, 6) is 1.91. The fourth-order valence-electron chi connectivity index (χ4n) is 2.79. The molecule has 1 rings (SSSR count). The Hall–Kier alpha value is -0.850. The van der Waals surface area contributed by atoms with Crippen molar-refractivity contribution in [2.75, 3.05) is 17.3 Å². The molecule has 1 aromatic carbocycles. The second-order valence-electron chi connectivity index (χ2n) is 6.91. The van der Waals surface area contributed by atoms with Gasteiger partial charge in [0.1, 0.15) is 10.7 Å². The molecular weight excluding hydrogens is 368 g/mol. The lowest BCUT2D eigenvalue weighted by Gasteiger charge is -2.33. The van der Waals surface area contributed by atoms with Gasteiger partial charge in [0.25, 0.3) is 0 Å². The third kappa shape index (κ3) is 7.41. The van der Waals surface area contributed by atoms with E-state index in [1.807, 2.05) is 13.8 Å². The number of ketones is 1. The third-order valence-corrected chi connectivity index (χ3v) is 10.2. The Labute approximate surface area is 161 Å². The van der Waals surface area contributed by atoms with Gasteiger partial charge >= 0.3 is 10.1 Å². The molecule has 1 N–H and O–H groups in total. The van der Waals surface area contributed by atoms with Crippen LogP contribution in [-0.4, -0.2) is 35.1 Å². The van der Waals surface area contributed by atoms with Crippen molar-refractivity contribution in [3.05, 3.63) is 29.8 Å². The molecule has 0 saturated carbocycles. The maximum Gasteiger partial charge on any atom is 0.421 e. The van der Waals surface area contributed by atoms with E-state index >= 15 is 0 Å². The van der Waals surface area contributed by atoms with Gasteiger partial charge in [0.05, 0.1) is 5.75 Å². The van der Waals surface area contributed by atoms with E-state index in [0.29, 0.717) is 12.2 Å². The Balaban J connectivity index is 3.17. The minimum absolute atomic E-state index is 0.151. The van der Waals surface area contributed by atoms with Crippen molar-refractivity contribution in [2.45, 2.75) is 71.1 Å². The fourth-order valence-corrected chi connectivity index (χ4v) is 8.97. The molecule has 4 nitrogen and oxygen atoms in total. The monoisotopic (exact) mass is 403 g/mol. The summed E-state index contributed by atoms with van der Waals surface area (Å²) < 4.78 is 30.4. The van der Waals surface area contributed by atoms with Crippen LogP contribution in [0.2, 0.25) is 0 Å². The molecule has 0 aromatic heterocycles. The highest BCUT2D eigenvalue weighted by Gasteiger charge is 2.38. The molecule has 0 saturated heterocycles. The van der Waals surface area contributed by atoms with Crippen LogP contribution in [0.4, 0.5) is 0 Å². The van der Waals surface area contributed by atoms with Crippen LogP contribution >= 0.6 is 10.3 Å². The molecule has 0 aliphatic rings. The van der Waals surface area contributed by atoms with Crippen LogP contribution in [0.5, 0.6) is 0 Å². The number of hydrogen-bond acceptors (Lipinski definition) is 3. The summed E-state index contributed by atoms with van der Waals surface area (Å²) in [6.45, 7) is 8.08. The Morgan fingerprint density at radius 2 is 1.46 bits per heavy atom. The lowest BCUT2D eigenvalue weighted by molar-refractivity contribution is -0.116. The Morgan fingerprint density at radius 3 is 1.92 bits per heavy atom. The highest BCUT2D eigenvalue weighted by molar-refractivity contribution is 8.32. The molecule has 0 aliphatic heterocycles. The minimum Gasteiger partial charge on any atom is -0.299 e. The van der Waals surface area contributed by atoms with Crippen LogP contribution in [0.25, 0.3) is 0 Å². The zero-order valence-electron chi connectivity index (χ0n) is 16.7. The quantitative estimate of drug-likeness (QED) is 0.324. The van der Waals surface area contributed by atoms with Crippen molar-refractivity contribution < 1.29 is 16.8 Å². The second kappa shape index (κ2) is 11.1. The summed E-state index contributed by atoms with van der Waals surface area (Å²) >= 11 is 0. The molecule has 0 heterocycles. The van der Waals surface area contributed by atoms with Crippen LogP contribution in [0, 0.1) is 6.92 Å². The van der Waals surface area contributed by atoms with Gasteiger partial charge in [-0.2, -0.15) is 0 Å². The highest BCUT2D eigenvalue weighted by atomic mass is 32.3. The summed E-state index contributed by atoms with van der Waals surface area (Å²) in [5, 5.41) is 0. The van der Waals surface area contributed by atoms with Crippen molar-refractivity contribution in [1.82, 2.24) is 0 Å². The van der Waals surface area contributed by atoms with Crippen LogP contribution in [0.3, 0.4) is 0 Å². The molecule has 26 heavy (non-hydrogen) atoms. The predicted molar refractivity (Wildman–Crippen MR) is 113 cm³/mol. The molecule has 6 heteroatoms. The van der Waals surface area contributed by atoms with E-state index in [9.17, 15) is 13.2 Å². The van der Waals surface area contributed by atoms with Crippen molar-refractivity contribution in [1.29, 1.82) is 0 Å². The maximum absolute atomic E-state index is 13.0. The second-order valence-corrected chi connectivity index (χ2v) is 12.0. The van der Waals surface area contributed by atoms with E-state index in [1.54, 1.807) is 24.3 Å². The molecule has 150 valence electrons. The average Bonchev–Trinajstić information content (AvgIpc) is 2.58. The first kappa shape index (κ1) is 23.2. The number of aryl methyl sites for hydroxylation is 1. The molecule has 0 fully saturated rings. The summed E-state index contributed by atoms with van der Waals surface area (Å²) in [6, 6.07) is 6.82. The number of carbonyl (C=O) groups is 1. The highest BCUT2D eigenvalue weighted by Crippen LogP contribution is 2.51. The number of carbonyl (C=O) groups excluding carboxylic acids is 1. The number of Topliss-reactive ketones (excluding diaryl/α,β-unsaturated/α-hetero) is 1. The zero-order chi connectivity index (χ0) is 19.6. The van der Waals surface area contributed by atoms with Crippen LogP contribution < -0.4 is 0 Å². The molecule has 0 bridgehead atoms. The van der Waals surface area contributed by atoms with Gasteiger partial charge in [0, 0.05) is 17.9 Å². The van der Waals surface area contributed by atoms with Gasteiger partial charge in [0.15, 0.2) is 0 Å². The van der Waals surface area contributed by atoms with Gasteiger partial charge in [-0.3, -0.25) is 8.42 Å². The molecule has 0 spiro atoms. The smallest absolute Gasteiger partial charge is 0.299 e. The standard InChI is InChI=1S/C20H34O4S2/c1-5-8-15-25(16-9-6-2,17-19(21)10-7-3)24-26(22,23)20-13-11-18(4)12-14-20/h11-14H,5-10,15-17H2,1-4H3/p+1. The van der Waals surface area contributed by atoms with E-state index in [-0.39, 0.29) is 10.7 Å². The van der Waals surface area contributed by atoms with Crippen LogP contribution in [0.15, 0.2) is 29.2 Å². The van der Waals surface area contributed by atoms with Gasteiger partial charge in [-0.05, 0) is 48.6 Å². The maximum atomic E-state index is 13.0. The predicted octanol–water partition coefficient (Wildman–Crippen LogP) is 5.47. The average molecular weight is 404 g/mol. The lowest BCUT2D eigenvalue weighted by atomic mass is 10.2. The normalized spacial score (nSPS) is 12.9. The Bertz CT molecular complexity index is 643. The van der Waals surface area contributed by atoms with Crippen molar-refractivity contribution >= 4 is 26.2 Å². The summed E-state index contributed by atoms with van der Waals surface area (Å²) in [4.78, 5) is 12.7. The van der Waals surface area contributed by atoms with Crippen molar-refractivity contribution in [3.8, 4) is 0 Å². The first-order valence-electron chi connectivity index (χ1n) is 9.62. The minimum atomic E-state index is -3.75. The summed E-state index contributed by atoms with van der Waals surface area (Å²) in [7, 11) is -5.62. The SMILES string of the molecule is CCCCS(CCCC)(CC(=O)CCC)[OH+]S(=O)(=O)c1ccc(C)cc1. The third-order valence-electron chi connectivity index (χ3n) is 4.29. The molecule has 0 unspecified atom stereocenters. The fraction of sp³-hybridized carbons (Fsp3) is 0.650. The topological polar surface area (TPSA) is 64.0 Å². The zero-order valence-corrected chi connectivity index (χ0v) is 18.3. The van der Waals surface area contributed by atoms with E-state index in [4.69, 9.17) is 0 Å². The van der Waals surface area contributed by atoms with Gasteiger partial charge in [-0.25, -0.2) is 0 Å². The number of hydrogen-bond donors (Lipinski definition) is 0. The van der Waals surface area contributed by atoms with Crippen molar-refractivity contribution in [3.63, 3.8) is 0 Å². The first-order valence-corrected chi connectivity index (χ1v) is 13.2. The van der Waals surface area contributed by atoms with Crippen molar-refractivity contribution in [2.24, 2.45) is 0 Å². The molecule has 0 amide bonds. The Kier molecular flexibility index (Phi) is 9.90. The van der Waals surface area contributed by atoms with Gasteiger partial charge < -0.3 is 0 Å². The first-order chi connectivity index (χ1) is 12.3. The molecular formula is C20H35O4S2+. The van der Waals surface area contributed by atoms with E-state index in [0.717, 1.165) is 49.2 Å². The number of unbranched alkanes of at least 4 members (excludes halogenated alkanes) is 2. The summed E-state index contributed by atoms with van der Waals surface area (Å²) in [6.07, 6.45) is 5.07. The molecule has 0 aliphatic carbocycles. The van der Waals surface area contributed by atoms with E-state index < -0.39 is 20.4 Å². The lowest BCUT2D eigenvalue weighted by Crippen LogP contribution is -2.28. The Morgan fingerprint density at radius 1 is 0.923 bits per heavy atom. The van der Waals surface area contributed by atoms with Gasteiger partial charge in [0.2, 0.25) is 0 Å². The molecule has 0 atom stereocenters. The molecule has 0 radical (unpaired) electrons. The molecule has 1 aromatic rings. The van der Waals surface area contributed by atoms with E-state index in [2.05, 4.69) is 17.5 Å². The largest absolute Gasteiger partial charge is 0.421 e. The van der Waals surface area contributed by atoms with E-state index in [1.165, 1.54) is 0 Å². The number of rotatable bonds is 13. The van der Waals surface area contributed by atoms with Gasteiger partial charge in [-0.15, -0.1) is 8.42 Å². The summed E-state index contributed by atoms with van der Waals surface area (Å²) in [5.41, 5.74) is 1.01. The van der Waals surface area contributed by atoms with Crippen LogP contribution in [-0.2, 0) is 14.9 Å². The van der Waals surface area contributed by atoms with Gasteiger partial charge in [-0.1, -0.05) is 51.3 Å². The van der Waals surface area contributed by atoms with Crippen LogP contribution in [0.1, 0.15) is 64.9 Å².